The minimum atomic E-state index is -1.37. The summed E-state index contributed by atoms with van der Waals surface area (Å²) in [6, 6.07) is 14.6. The molecule has 0 aliphatic carbocycles. The molecule has 0 fully saturated rings. The van der Waals surface area contributed by atoms with E-state index in [1.807, 2.05) is 30.3 Å². The number of nitriles is 1. The van der Waals surface area contributed by atoms with Gasteiger partial charge >= 0.3 is 0 Å². The van der Waals surface area contributed by atoms with Gasteiger partial charge in [-0.2, -0.15) is 5.26 Å². The maximum absolute atomic E-state index is 12.5. The van der Waals surface area contributed by atoms with Crippen LogP contribution in [0.25, 0.3) is 11.3 Å². The molecule has 1 atom stereocenters. The largest absolute Gasteiger partial charge is 0.352 e. The molecule has 2 aromatic rings. The van der Waals surface area contributed by atoms with Crippen LogP contribution in [0.4, 0.5) is 0 Å². The fraction of sp³-hybridized carbons (Fsp3) is 0.263. The lowest BCUT2D eigenvalue weighted by atomic mass is 9.96. The molecule has 122 valence electrons. The summed E-state index contributed by atoms with van der Waals surface area (Å²) in [7, 11) is 0. The normalized spacial score (nSPS) is 11.6. The van der Waals surface area contributed by atoms with Crippen molar-refractivity contribution < 1.29 is 9.59 Å². The number of nitrogens with one attached hydrogen (secondary N) is 1. The van der Waals surface area contributed by atoms with Crippen molar-refractivity contribution >= 4 is 11.7 Å². The van der Waals surface area contributed by atoms with Gasteiger partial charge in [-0.05, 0) is 32.9 Å². The number of ketones is 1. The maximum atomic E-state index is 12.5. The van der Waals surface area contributed by atoms with E-state index < -0.39 is 17.6 Å². The quantitative estimate of drug-likeness (QED) is 0.678. The highest BCUT2D eigenvalue weighted by Crippen LogP contribution is 2.20. The number of benzene rings is 1. The van der Waals surface area contributed by atoms with Crippen LogP contribution in [0.2, 0.25) is 0 Å². The van der Waals surface area contributed by atoms with Crippen LogP contribution in [0.1, 0.15) is 29.9 Å². The zero-order valence-electron chi connectivity index (χ0n) is 13.9. The van der Waals surface area contributed by atoms with E-state index in [0.29, 0.717) is 11.3 Å². The van der Waals surface area contributed by atoms with E-state index in [2.05, 4.69) is 10.3 Å². The van der Waals surface area contributed by atoms with Crippen molar-refractivity contribution in [2.75, 3.05) is 0 Å². The summed E-state index contributed by atoms with van der Waals surface area (Å²) in [6.45, 7) is 5.25. The Morgan fingerprint density at radius 3 is 2.33 bits per heavy atom. The molecule has 1 aromatic carbocycles. The molecule has 5 heteroatoms. The summed E-state index contributed by atoms with van der Waals surface area (Å²) in [6.07, 6.45) is 0. The number of amides is 1. The molecule has 24 heavy (non-hydrogen) atoms. The van der Waals surface area contributed by atoms with Gasteiger partial charge < -0.3 is 5.32 Å². The number of aromatic nitrogens is 1. The van der Waals surface area contributed by atoms with Crippen LogP contribution in [0, 0.1) is 24.2 Å². The Labute approximate surface area is 141 Å². The molecule has 5 nitrogen and oxygen atoms in total. The number of carbonyl (C=O) groups excluding carboxylic acids is 2. The number of nitrogens with zero attached hydrogens (tertiary/aromatic N) is 2. The summed E-state index contributed by atoms with van der Waals surface area (Å²) in [4.78, 5) is 29.0. The smallest absolute Gasteiger partial charge is 0.245 e. The third-order valence-electron chi connectivity index (χ3n) is 3.51. The Balaban J connectivity index is 2.30. The number of hydrogen-bond donors (Lipinski definition) is 1. The first kappa shape index (κ1) is 17.4. The summed E-state index contributed by atoms with van der Waals surface area (Å²) < 4.78 is 0. The van der Waals surface area contributed by atoms with Gasteiger partial charge in [0.05, 0.1) is 11.8 Å². The molecule has 0 saturated carbocycles. The SMILES string of the molecule is Cc1nc(-c2ccccc2)ccc1C(=O)C(C#N)C(=O)NC(C)C. The molecular formula is C19H19N3O2. The molecule has 1 N–H and O–H groups in total. The Kier molecular flexibility index (Phi) is 5.43. The van der Waals surface area contributed by atoms with Crippen LogP contribution in [-0.2, 0) is 4.79 Å². The average Bonchev–Trinajstić information content (AvgIpc) is 2.55. The molecule has 0 spiro atoms. The molecule has 0 saturated heterocycles. The monoisotopic (exact) mass is 321 g/mol. The van der Waals surface area contributed by atoms with Gasteiger partial charge in [0.25, 0.3) is 0 Å². The van der Waals surface area contributed by atoms with Crippen molar-refractivity contribution in [2.45, 2.75) is 26.8 Å². The van der Waals surface area contributed by atoms with E-state index in [1.54, 1.807) is 39.0 Å². The number of carbonyl (C=O) groups is 2. The van der Waals surface area contributed by atoms with Crippen molar-refractivity contribution in [3.63, 3.8) is 0 Å². The van der Waals surface area contributed by atoms with Crippen LogP contribution >= 0.6 is 0 Å². The molecule has 0 radical (unpaired) electrons. The molecular weight excluding hydrogens is 302 g/mol. The van der Waals surface area contributed by atoms with Crippen LogP contribution < -0.4 is 5.32 Å². The van der Waals surface area contributed by atoms with E-state index in [1.165, 1.54) is 0 Å². The summed E-state index contributed by atoms with van der Waals surface area (Å²) in [5, 5.41) is 11.8. The van der Waals surface area contributed by atoms with Crippen LogP contribution in [0.15, 0.2) is 42.5 Å². The lowest BCUT2D eigenvalue weighted by molar-refractivity contribution is -0.122. The van der Waals surface area contributed by atoms with Gasteiger partial charge in [0.2, 0.25) is 5.91 Å². The van der Waals surface area contributed by atoms with E-state index in [9.17, 15) is 14.9 Å². The predicted octanol–water partition coefficient (Wildman–Crippen LogP) is 2.90. The van der Waals surface area contributed by atoms with Gasteiger partial charge in [-0.3, -0.25) is 14.6 Å². The molecule has 0 aliphatic rings. The highest BCUT2D eigenvalue weighted by molar-refractivity contribution is 6.12. The van der Waals surface area contributed by atoms with Gasteiger partial charge in [0.1, 0.15) is 0 Å². The first-order valence-electron chi connectivity index (χ1n) is 7.71. The second-order valence-corrected chi connectivity index (χ2v) is 5.79. The molecule has 0 bridgehead atoms. The molecule has 1 aromatic heterocycles. The van der Waals surface area contributed by atoms with Crippen LogP contribution in [0.5, 0.6) is 0 Å². The second-order valence-electron chi connectivity index (χ2n) is 5.79. The lowest BCUT2D eigenvalue weighted by Crippen LogP contribution is -2.38. The zero-order chi connectivity index (χ0) is 17.7. The van der Waals surface area contributed by atoms with Gasteiger partial charge in [0.15, 0.2) is 11.7 Å². The number of hydrogen-bond acceptors (Lipinski definition) is 4. The highest BCUT2D eigenvalue weighted by Gasteiger charge is 2.29. The summed E-state index contributed by atoms with van der Waals surface area (Å²) in [5.41, 5.74) is 2.47. The fourth-order valence-corrected chi connectivity index (χ4v) is 2.35. The first-order valence-corrected chi connectivity index (χ1v) is 7.71. The van der Waals surface area contributed by atoms with Crippen molar-refractivity contribution in [3.05, 3.63) is 53.7 Å². The third kappa shape index (κ3) is 3.85. The van der Waals surface area contributed by atoms with Crippen molar-refractivity contribution in [2.24, 2.45) is 5.92 Å². The number of Topliss-reactive ketones (excluding diaryl/α,β-unsaturated/α-hetero) is 1. The van der Waals surface area contributed by atoms with Crippen molar-refractivity contribution in [1.29, 1.82) is 5.26 Å². The first-order chi connectivity index (χ1) is 11.4. The standard InChI is InChI=1S/C19H19N3O2/c1-12(2)21-19(24)16(11-20)18(23)15-9-10-17(22-13(15)3)14-7-5-4-6-8-14/h4-10,12,16H,1-3H3,(H,21,24). The Morgan fingerprint density at radius 1 is 1.12 bits per heavy atom. The van der Waals surface area contributed by atoms with Gasteiger partial charge in [-0.1, -0.05) is 30.3 Å². The molecule has 1 heterocycles. The van der Waals surface area contributed by atoms with Crippen LogP contribution in [0.3, 0.4) is 0 Å². The minimum Gasteiger partial charge on any atom is -0.352 e. The minimum absolute atomic E-state index is 0.138. The van der Waals surface area contributed by atoms with Crippen molar-refractivity contribution in [3.8, 4) is 17.3 Å². The predicted molar refractivity (Wildman–Crippen MR) is 91.1 cm³/mol. The summed E-state index contributed by atoms with van der Waals surface area (Å²) in [5.74, 6) is -2.47. The van der Waals surface area contributed by atoms with E-state index in [4.69, 9.17) is 0 Å². The number of aryl methyl sites for hydroxylation is 1. The Morgan fingerprint density at radius 2 is 1.79 bits per heavy atom. The molecule has 1 unspecified atom stereocenters. The van der Waals surface area contributed by atoms with Gasteiger partial charge in [-0.25, -0.2) is 0 Å². The Hall–Kier alpha value is -3.00. The topological polar surface area (TPSA) is 82.8 Å². The van der Waals surface area contributed by atoms with E-state index >= 15 is 0 Å². The van der Waals surface area contributed by atoms with Crippen LogP contribution in [-0.4, -0.2) is 22.7 Å². The Bertz CT molecular complexity index is 792. The maximum Gasteiger partial charge on any atom is 0.245 e. The van der Waals surface area contributed by atoms with Gasteiger partial charge in [0, 0.05) is 22.9 Å². The van der Waals surface area contributed by atoms with E-state index in [0.717, 1.165) is 11.3 Å². The number of pyridine rings is 1. The average molecular weight is 321 g/mol. The van der Waals surface area contributed by atoms with Crippen molar-refractivity contribution in [1.82, 2.24) is 10.3 Å². The highest BCUT2D eigenvalue weighted by atomic mass is 16.2. The van der Waals surface area contributed by atoms with Gasteiger partial charge in [-0.15, -0.1) is 0 Å². The molecule has 2 rings (SSSR count). The number of rotatable bonds is 5. The summed E-state index contributed by atoms with van der Waals surface area (Å²) >= 11 is 0. The van der Waals surface area contributed by atoms with E-state index in [-0.39, 0.29) is 6.04 Å². The molecule has 0 aliphatic heterocycles. The fourth-order valence-electron chi connectivity index (χ4n) is 2.35. The zero-order valence-corrected chi connectivity index (χ0v) is 13.9. The molecule has 1 amide bonds. The second kappa shape index (κ2) is 7.51. The lowest BCUT2D eigenvalue weighted by Gasteiger charge is -2.13. The third-order valence-corrected chi connectivity index (χ3v) is 3.51.